The number of aromatic nitrogens is 1. The minimum atomic E-state index is 0.137. The number of hydrogen-bond acceptors (Lipinski definition) is 2. The van der Waals surface area contributed by atoms with Crippen molar-refractivity contribution in [3.63, 3.8) is 0 Å². The highest BCUT2D eigenvalue weighted by Gasteiger charge is 2.27. The highest BCUT2D eigenvalue weighted by molar-refractivity contribution is 5.92. The SMILES string of the molecule is O=C(Nc1ccncc1)C1CCC([NH2+]C/C=C/c2ccccc2)CC1. The Kier molecular flexibility index (Phi) is 6.35. The zero-order valence-electron chi connectivity index (χ0n) is 14.5. The minimum Gasteiger partial charge on any atom is -0.341 e. The molecule has 1 amide bonds. The Morgan fingerprint density at radius 2 is 1.80 bits per heavy atom. The fourth-order valence-electron chi connectivity index (χ4n) is 3.34. The average molecular weight is 336 g/mol. The molecule has 0 spiro atoms. The second-order valence-electron chi connectivity index (χ2n) is 6.62. The first-order valence-corrected chi connectivity index (χ1v) is 9.07. The number of rotatable bonds is 6. The fourth-order valence-corrected chi connectivity index (χ4v) is 3.34. The third-order valence-corrected chi connectivity index (χ3v) is 4.81. The van der Waals surface area contributed by atoms with Crippen LogP contribution in [0.4, 0.5) is 5.69 Å². The summed E-state index contributed by atoms with van der Waals surface area (Å²) in [5.41, 5.74) is 2.08. The third-order valence-electron chi connectivity index (χ3n) is 4.81. The van der Waals surface area contributed by atoms with Crippen LogP contribution in [0, 0.1) is 5.92 Å². The monoisotopic (exact) mass is 336 g/mol. The lowest BCUT2D eigenvalue weighted by Crippen LogP contribution is -2.90. The molecule has 1 saturated carbocycles. The average Bonchev–Trinajstić information content (AvgIpc) is 2.67. The van der Waals surface area contributed by atoms with E-state index in [-0.39, 0.29) is 11.8 Å². The minimum absolute atomic E-state index is 0.137. The van der Waals surface area contributed by atoms with Gasteiger partial charge in [-0.25, -0.2) is 0 Å². The molecule has 130 valence electrons. The van der Waals surface area contributed by atoms with E-state index in [4.69, 9.17) is 0 Å². The zero-order valence-corrected chi connectivity index (χ0v) is 14.5. The van der Waals surface area contributed by atoms with E-state index in [2.05, 4.69) is 52.0 Å². The van der Waals surface area contributed by atoms with Gasteiger partial charge >= 0.3 is 0 Å². The summed E-state index contributed by atoms with van der Waals surface area (Å²) in [6.45, 7) is 0.993. The number of anilines is 1. The first kappa shape index (κ1) is 17.4. The Hall–Kier alpha value is -2.46. The highest BCUT2D eigenvalue weighted by atomic mass is 16.1. The van der Waals surface area contributed by atoms with Gasteiger partial charge in [0.05, 0.1) is 12.6 Å². The Bertz CT molecular complexity index is 677. The molecule has 4 heteroatoms. The molecule has 2 aromatic rings. The number of nitrogens with one attached hydrogen (secondary N) is 1. The lowest BCUT2D eigenvalue weighted by Gasteiger charge is -2.26. The lowest BCUT2D eigenvalue weighted by molar-refractivity contribution is -0.683. The van der Waals surface area contributed by atoms with Crippen LogP contribution < -0.4 is 10.6 Å². The molecule has 3 rings (SSSR count). The maximum absolute atomic E-state index is 12.3. The van der Waals surface area contributed by atoms with Crippen molar-refractivity contribution in [2.24, 2.45) is 5.92 Å². The lowest BCUT2D eigenvalue weighted by atomic mass is 9.85. The van der Waals surface area contributed by atoms with Crippen LogP contribution >= 0.6 is 0 Å². The van der Waals surface area contributed by atoms with E-state index in [9.17, 15) is 4.79 Å². The number of hydrogen-bond donors (Lipinski definition) is 2. The smallest absolute Gasteiger partial charge is 0.227 e. The fraction of sp³-hybridized carbons (Fsp3) is 0.333. The summed E-state index contributed by atoms with van der Waals surface area (Å²) in [5.74, 6) is 0.284. The second kappa shape index (κ2) is 9.14. The molecule has 3 N–H and O–H groups in total. The van der Waals surface area contributed by atoms with Crippen molar-refractivity contribution in [2.45, 2.75) is 31.7 Å². The third kappa shape index (κ3) is 5.54. The maximum Gasteiger partial charge on any atom is 0.227 e. The molecular weight excluding hydrogens is 310 g/mol. The normalized spacial score (nSPS) is 20.5. The summed E-state index contributed by atoms with van der Waals surface area (Å²) >= 11 is 0. The van der Waals surface area contributed by atoms with Crippen LogP contribution in [0.5, 0.6) is 0 Å². The second-order valence-corrected chi connectivity index (χ2v) is 6.62. The van der Waals surface area contributed by atoms with Crippen LogP contribution in [0.1, 0.15) is 31.2 Å². The van der Waals surface area contributed by atoms with Crippen LogP contribution in [0.15, 0.2) is 60.9 Å². The summed E-state index contributed by atoms with van der Waals surface area (Å²) in [7, 11) is 0. The number of pyridine rings is 1. The molecule has 0 atom stereocenters. The number of amides is 1. The molecule has 1 fully saturated rings. The van der Waals surface area contributed by atoms with E-state index in [1.165, 1.54) is 5.56 Å². The van der Waals surface area contributed by atoms with Crippen LogP contribution in [0.2, 0.25) is 0 Å². The van der Waals surface area contributed by atoms with Gasteiger partial charge in [-0.15, -0.1) is 0 Å². The number of carbonyl (C=O) groups is 1. The van der Waals surface area contributed by atoms with E-state index in [1.54, 1.807) is 12.4 Å². The number of benzene rings is 1. The molecule has 0 saturated heterocycles. The van der Waals surface area contributed by atoms with Gasteiger partial charge in [0.25, 0.3) is 0 Å². The zero-order chi connectivity index (χ0) is 17.3. The summed E-state index contributed by atoms with van der Waals surface area (Å²) in [4.78, 5) is 16.3. The van der Waals surface area contributed by atoms with Crippen LogP contribution in [0.25, 0.3) is 6.08 Å². The first-order chi connectivity index (χ1) is 12.3. The van der Waals surface area contributed by atoms with Crippen LogP contribution in [0.3, 0.4) is 0 Å². The molecular formula is C21H26N3O+. The van der Waals surface area contributed by atoms with E-state index in [0.29, 0.717) is 6.04 Å². The maximum atomic E-state index is 12.3. The van der Waals surface area contributed by atoms with Crippen molar-refractivity contribution in [3.05, 3.63) is 66.5 Å². The molecule has 1 aliphatic rings. The van der Waals surface area contributed by atoms with E-state index in [1.807, 2.05) is 18.2 Å². The first-order valence-electron chi connectivity index (χ1n) is 9.07. The van der Waals surface area contributed by atoms with Crippen molar-refractivity contribution in [3.8, 4) is 0 Å². The quantitative estimate of drug-likeness (QED) is 0.852. The number of carbonyl (C=O) groups excluding carboxylic acids is 1. The molecule has 1 aliphatic carbocycles. The predicted octanol–water partition coefficient (Wildman–Crippen LogP) is 2.86. The highest BCUT2D eigenvalue weighted by Crippen LogP contribution is 2.24. The molecule has 1 aromatic heterocycles. The van der Waals surface area contributed by atoms with Gasteiger partial charge in [0, 0.05) is 36.8 Å². The van der Waals surface area contributed by atoms with E-state index >= 15 is 0 Å². The van der Waals surface area contributed by atoms with Gasteiger partial charge in [-0.2, -0.15) is 0 Å². The Labute approximate surface area is 149 Å². The van der Waals surface area contributed by atoms with Gasteiger partial charge in [0.2, 0.25) is 5.91 Å². The molecule has 0 unspecified atom stereocenters. The predicted molar refractivity (Wildman–Crippen MR) is 101 cm³/mol. The Morgan fingerprint density at radius 3 is 2.52 bits per heavy atom. The van der Waals surface area contributed by atoms with E-state index < -0.39 is 0 Å². The molecule has 1 aromatic carbocycles. The van der Waals surface area contributed by atoms with Crippen LogP contribution in [-0.4, -0.2) is 23.5 Å². The van der Waals surface area contributed by atoms with Crippen molar-refractivity contribution in [1.29, 1.82) is 0 Å². The van der Waals surface area contributed by atoms with Gasteiger partial charge in [-0.1, -0.05) is 36.4 Å². The molecule has 0 aliphatic heterocycles. The summed E-state index contributed by atoms with van der Waals surface area (Å²) in [6, 6.07) is 14.7. The topological polar surface area (TPSA) is 58.6 Å². The van der Waals surface area contributed by atoms with Crippen LogP contribution in [-0.2, 0) is 4.79 Å². The number of nitrogens with zero attached hydrogens (tertiary/aromatic N) is 1. The van der Waals surface area contributed by atoms with E-state index in [0.717, 1.165) is 37.9 Å². The van der Waals surface area contributed by atoms with Gasteiger partial charge in [-0.3, -0.25) is 9.78 Å². The summed E-state index contributed by atoms with van der Waals surface area (Å²) < 4.78 is 0. The molecule has 0 bridgehead atoms. The Balaban J connectivity index is 1.37. The van der Waals surface area contributed by atoms with Crippen molar-refractivity contribution in [1.82, 2.24) is 4.98 Å². The van der Waals surface area contributed by atoms with Crippen molar-refractivity contribution in [2.75, 3.05) is 11.9 Å². The largest absolute Gasteiger partial charge is 0.341 e. The van der Waals surface area contributed by atoms with Gasteiger partial charge in [-0.05, 0) is 36.6 Å². The van der Waals surface area contributed by atoms with Gasteiger partial charge < -0.3 is 10.6 Å². The molecule has 4 nitrogen and oxygen atoms in total. The van der Waals surface area contributed by atoms with Crippen molar-refractivity contribution >= 4 is 17.7 Å². The molecule has 25 heavy (non-hydrogen) atoms. The summed E-state index contributed by atoms with van der Waals surface area (Å²) in [5, 5.41) is 5.40. The Morgan fingerprint density at radius 1 is 1.08 bits per heavy atom. The number of quaternary nitrogens is 1. The number of nitrogens with two attached hydrogens (primary N) is 1. The molecule has 1 heterocycles. The summed E-state index contributed by atoms with van der Waals surface area (Å²) in [6.07, 6.45) is 11.9. The standard InChI is InChI=1S/C21H25N3O/c25-21(24-20-12-15-22-16-13-20)18-8-10-19(11-9-18)23-14-4-7-17-5-2-1-3-6-17/h1-7,12-13,15-16,18-19,23H,8-11,14H2,(H,22,24,25)/p+1/b7-4+. The molecule has 0 radical (unpaired) electrons. The van der Waals surface area contributed by atoms with Gasteiger partial charge in [0.15, 0.2) is 0 Å². The van der Waals surface area contributed by atoms with Gasteiger partial charge in [0.1, 0.15) is 0 Å². The van der Waals surface area contributed by atoms with Crippen molar-refractivity contribution < 1.29 is 10.1 Å².